The number of aromatic nitrogens is 3. The van der Waals surface area contributed by atoms with Gasteiger partial charge in [-0.3, -0.25) is 14.3 Å². The molecule has 3 aromatic rings. The summed E-state index contributed by atoms with van der Waals surface area (Å²) in [6.45, 7) is 5.67. The number of halogens is 2. The van der Waals surface area contributed by atoms with Gasteiger partial charge < -0.3 is 25.3 Å². The average molecular weight is 544 g/mol. The molecule has 10 nitrogen and oxygen atoms in total. The number of amides is 2. The minimum Gasteiger partial charge on any atom is -0.490 e. The highest BCUT2D eigenvalue weighted by molar-refractivity contribution is 6.06. The molecular formula is C27H31F2N5O5. The van der Waals surface area contributed by atoms with Crippen molar-refractivity contribution < 1.29 is 32.6 Å². The Morgan fingerprint density at radius 2 is 2.03 bits per heavy atom. The number of nitrogens with zero attached hydrogens (tertiary/aromatic N) is 3. The highest BCUT2D eigenvalue weighted by atomic mass is 19.3. The number of benzene rings is 1. The van der Waals surface area contributed by atoms with Crippen LogP contribution in [0.2, 0.25) is 0 Å². The predicted octanol–water partition coefficient (Wildman–Crippen LogP) is 3.31. The van der Waals surface area contributed by atoms with E-state index in [1.54, 1.807) is 24.5 Å². The van der Waals surface area contributed by atoms with Crippen LogP contribution in [0.5, 0.6) is 11.6 Å². The lowest BCUT2D eigenvalue weighted by atomic mass is 9.99. The fraction of sp³-hybridized carbons (Fsp3) is 0.481. The van der Waals surface area contributed by atoms with Crippen molar-refractivity contribution >= 4 is 22.6 Å². The summed E-state index contributed by atoms with van der Waals surface area (Å²) in [5.74, 6) is -4.54. The zero-order valence-electron chi connectivity index (χ0n) is 21.8. The first-order valence-corrected chi connectivity index (χ1v) is 13.0. The molecule has 2 amide bonds. The Morgan fingerprint density at radius 3 is 2.69 bits per heavy atom. The van der Waals surface area contributed by atoms with Crippen LogP contribution in [0.25, 0.3) is 21.9 Å². The lowest BCUT2D eigenvalue weighted by Gasteiger charge is -2.21. The van der Waals surface area contributed by atoms with Crippen LogP contribution in [0.4, 0.5) is 8.78 Å². The van der Waals surface area contributed by atoms with Gasteiger partial charge in [-0.05, 0) is 50.1 Å². The molecule has 0 spiro atoms. The second-order valence-corrected chi connectivity index (χ2v) is 10.3. The molecule has 2 fully saturated rings. The molecule has 5 rings (SSSR count). The average Bonchev–Trinajstić information content (AvgIpc) is 3.45. The first-order chi connectivity index (χ1) is 18.6. The van der Waals surface area contributed by atoms with Gasteiger partial charge in [-0.15, -0.1) is 0 Å². The van der Waals surface area contributed by atoms with Gasteiger partial charge in [0.05, 0.1) is 23.9 Å². The van der Waals surface area contributed by atoms with Crippen LogP contribution in [0, 0.1) is 5.92 Å². The molecule has 4 heterocycles. The Hall–Kier alpha value is -3.80. The number of nitrogens with one attached hydrogen (secondary N) is 1. The van der Waals surface area contributed by atoms with Crippen molar-refractivity contribution in [2.45, 2.75) is 57.7 Å². The maximum atomic E-state index is 13.7. The van der Waals surface area contributed by atoms with Crippen LogP contribution in [0.1, 0.15) is 43.5 Å². The Bertz CT molecular complexity index is 1390. The molecule has 2 aromatic heterocycles. The number of fused-ring (bicyclic) bond motifs is 1. The fourth-order valence-electron chi connectivity index (χ4n) is 4.95. The van der Waals surface area contributed by atoms with E-state index in [2.05, 4.69) is 15.4 Å². The van der Waals surface area contributed by atoms with Gasteiger partial charge in [0.2, 0.25) is 5.88 Å². The molecule has 2 saturated heterocycles. The molecule has 3 N–H and O–H groups in total. The van der Waals surface area contributed by atoms with Gasteiger partial charge in [-0.2, -0.15) is 13.9 Å². The number of carbonyl (C=O) groups excluding carboxylic acids is 2. The second-order valence-electron chi connectivity index (χ2n) is 10.3. The van der Waals surface area contributed by atoms with Crippen LogP contribution in [0.15, 0.2) is 30.7 Å². The molecule has 2 aliphatic rings. The van der Waals surface area contributed by atoms with Gasteiger partial charge in [0.1, 0.15) is 12.4 Å². The quantitative estimate of drug-likeness (QED) is 0.423. The van der Waals surface area contributed by atoms with Crippen LogP contribution >= 0.6 is 0 Å². The summed E-state index contributed by atoms with van der Waals surface area (Å²) in [6, 6.07) is 2.37. The fourth-order valence-corrected chi connectivity index (χ4v) is 4.95. The zero-order chi connectivity index (χ0) is 27.7. The first-order valence-electron chi connectivity index (χ1n) is 13.0. The number of ether oxygens (including phenoxy) is 3. The number of hydrogen-bond acceptors (Lipinski definition) is 7. The number of primary amides is 1. The number of hydrogen-bond donors (Lipinski definition) is 2. The van der Waals surface area contributed by atoms with E-state index in [0.717, 1.165) is 38.2 Å². The van der Waals surface area contributed by atoms with E-state index in [-0.39, 0.29) is 29.9 Å². The maximum absolute atomic E-state index is 13.7. The molecule has 12 heteroatoms. The number of carbonyl (C=O) groups is 2. The Labute approximate surface area is 223 Å². The van der Waals surface area contributed by atoms with E-state index in [1.807, 2.05) is 24.7 Å². The summed E-state index contributed by atoms with van der Waals surface area (Å²) in [4.78, 5) is 28.3. The first kappa shape index (κ1) is 26.8. The van der Waals surface area contributed by atoms with Crippen molar-refractivity contribution in [3.63, 3.8) is 0 Å². The van der Waals surface area contributed by atoms with Gasteiger partial charge in [0.25, 0.3) is 11.8 Å². The minimum atomic E-state index is -3.44. The Morgan fingerprint density at radius 1 is 1.26 bits per heavy atom. The third kappa shape index (κ3) is 5.80. The van der Waals surface area contributed by atoms with Gasteiger partial charge in [0.15, 0.2) is 0 Å². The molecule has 0 radical (unpaired) electrons. The molecule has 0 aliphatic carbocycles. The van der Waals surface area contributed by atoms with Gasteiger partial charge in [0, 0.05) is 55.1 Å². The monoisotopic (exact) mass is 543 g/mol. The van der Waals surface area contributed by atoms with Crippen molar-refractivity contribution in [2.75, 3.05) is 19.8 Å². The summed E-state index contributed by atoms with van der Waals surface area (Å²) in [7, 11) is 0. The number of pyridine rings is 1. The molecule has 0 saturated carbocycles. The second kappa shape index (κ2) is 10.8. The lowest BCUT2D eigenvalue weighted by Crippen LogP contribution is -2.33. The van der Waals surface area contributed by atoms with Crippen LogP contribution in [-0.4, -0.2) is 64.5 Å². The van der Waals surface area contributed by atoms with Gasteiger partial charge >= 0.3 is 5.92 Å². The van der Waals surface area contributed by atoms with Crippen molar-refractivity contribution in [2.24, 2.45) is 11.7 Å². The lowest BCUT2D eigenvalue weighted by molar-refractivity contribution is -0.139. The molecule has 1 atom stereocenters. The highest BCUT2D eigenvalue weighted by Gasteiger charge is 2.48. The van der Waals surface area contributed by atoms with E-state index in [9.17, 15) is 18.4 Å². The van der Waals surface area contributed by atoms with E-state index in [4.69, 9.17) is 19.9 Å². The summed E-state index contributed by atoms with van der Waals surface area (Å²) in [6.07, 6.45) is 6.27. The molecular weight excluding hydrogens is 512 g/mol. The van der Waals surface area contributed by atoms with Gasteiger partial charge in [-0.25, -0.2) is 4.98 Å². The molecule has 208 valence electrons. The molecule has 2 aliphatic heterocycles. The highest BCUT2D eigenvalue weighted by Crippen LogP contribution is 2.38. The van der Waals surface area contributed by atoms with Crippen LogP contribution in [-0.2, 0) is 16.1 Å². The van der Waals surface area contributed by atoms with Crippen LogP contribution < -0.4 is 20.5 Å². The predicted molar refractivity (Wildman–Crippen MR) is 138 cm³/mol. The Balaban J connectivity index is 1.51. The molecule has 1 aromatic carbocycles. The normalized spacial score (nSPS) is 19.4. The SMILES string of the molecule is CC(C)Oc1cc2c(OCC3CC(F)(F)C(=O)N3)ncc(-c3cnn(CC4CCOCC4)c3)c2cc1C(N)=O. The number of rotatable bonds is 9. The largest absolute Gasteiger partial charge is 0.490 e. The standard InChI is InChI=1S/C27H31F2N5O5/c1-15(2)39-23-8-20-19(7-21(23)24(30)35)22(17-10-32-34(13-17)12-16-3-5-37-6-4-16)11-31-25(20)38-14-18-9-27(28,29)26(36)33-18/h7-8,10-11,13,15-16,18H,3-6,9,12,14H2,1-2H3,(H2,30,35)(H,33,36). The summed E-state index contributed by atoms with van der Waals surface area (Å²) >= 11 is 0. The summed E-state index contributed by atoms with van der Waals surface area (Å²) < 4.78 is 46.4. The maximum Gasteiger partial charge on any atom is 0.326 e. The zero-order valence-corrected chi connectivity index (χ0v) is 21.8. The van der Waals surface area contributed by atoms with Crippen molar-refractivity contribution in [3.05, 3.63) is 36.3 Å². The molecule has 1 unspecified atom stereocenters. The van der Waals surface area contributed by atoms with E-state index in [1.165, 1.54) is 0 Å². The Kier molecular flexibility index (Phi) is 7.39. The molecule has 0 bridgehead atoms. The summed E-state index contributed by atoms with van der Waals surface area (Å²) in [5, 5.41) is 7.89. The van der Waals surface area contributed by atoms with E-state index >= 15 is 0 Å². The number of nitrogens with two attached hydrogens (primary N) is 1. The number of alkyl halides is 2. The summed E-state index contributed by atoms with van der Waals surface area (Å²) in [5.41, 5.74) is 7.35. The van der Waals surface area contributed by atoms with Crippen LogP contribution in [0.3, 0.4) is 0 Å². The van der Waals surface area contributed by atoms with Crippen molar-refractivity contribution in [1.82, 2.24) is 20.1 Å². The topological polar surface area (TPSA) is 131 Å². The van der Waals surface area contributed by atoms with E-state index < -0.39 is 30.2 Å². The van der Waals surface area contributed by atoms with Crippen molar-refractivity contribution in [1.29, 1.82) is 0 Å². The minimum absolute atomic E-state index is 0.150. The van der Waals surface area contributed by atoms with E-state index in [0.29, 0.717) is 22.3 Å². The smallest absolute Gasteiger partial charge is 0.326 e. The third-order valence-electron chi connectivity index (χ3n) is 6.90. The van der Waals surface area contributed by atoms with Crippen molar-refractivity contribution in [3.8, 4) is 22.8 Å². The van der Waals surface area contributed by atoms with Gasteiger partial charge in [-0.1, -0.05) is 0 Å². The third-order valence-corrected chi connectivity index (χ3v) is 6.90. The molecule has 39 heavy (non-hydrogen) atoms.